The van der Waals surface area contributed by atoms with Crippen molar-refractivity contribution in [3.8, 4) is 11.6 Å². The minimum absolute atomic E-state index is 0.196. The molecule has 0 atom stereocenters. The van der Waals surface area contributed by atoms with Crippen LogP contribution in [0.3, 0.4) is 0 Å². The van der Waals surface area contributed by atoms with Crippen LogP contribution in [0.5, 0.6) is 11.6 Å². The van der Waals surface area contributed by atoms with Crippen LogP contribution in [-0.4, -0.2) is 61.2 Å². The highest BCUT2D eigenvalue weighted by atomic mass is 16.5. The Morgan fingerprint density at radius 3 is 2.37 bits per heavy atom. The molecule has 1 fully saturated rings. The van der Waals surface area contributed by atoms with Gasteiger partial charge in [-0.3, -0.25) is 4.79 Å². The summed E-state index contributed by atoms with van der Waals surface area (Å²) in [6, 6.07) is 9.71. The van der Waals surface area contributed by atoms with E-state index in [4.69, 9.17) is 9.47 Å². The second-order valence-electron chi connectivity index (χ2n) is 6.53. The molecule has 27 heavy (non-hydrogen) atoms. The van der Waals surface area contributed by atoms with Crippen molar-refractivity contribution in [1.29, 1.82) is 0 Å². The Bertz CT molecular complexity index is 771. The Morgan fingerprint density at radius 2 is 1.74 bits per heavy atom. The zero-order valence-corrected chi connectivity index (χ0v) is 16.1. The van der Waals surface area contributed by atoms with E-state index in [2.05, 4.69) is 14.9 Å². The monoisotopic (exact) mass is 370 g/mol. The molecule has 1 amide bonds. The molecule has 1 saturated heterocycles. The van der Waals surface area contributed by atoms with Gasteiger partial charge >= 0.3 is 0 Å². The highest BCUT2D eigenvalue weighted by Crippen LogP contribution is 2.19. The second-order valence-corrected chi connectivity index (χ2v) is 6.53. The molecule has 1 aliphatic heterocycles. The highest BCUT2D eigenvalue weighted by Gasteiger charge is 2.22. The quantitative estimate of drug-likeness (QED) is 0.776. The van der Waals surface area contributed by atoms with Gasteiger partial charge in [0.15, 0.2) is 0 Å². The summed E-state index contributed by atoms with van der Waals surface area (Å²) >= 11 is 0. The third-order valence-electron chi connectivity index (χ3n) is 4.75. The second kappa shape index (κ2) is 8.70. The van der Waals surface area contributed by atoms with Gasteiger partial charge in [0.1, 0.15) is 17.4 Å². The van der Waals surface area contributed by atoms with Crippen molar-refractivity contribution in [3.05, 3.63) is 41.7 Å². The third-order valence-corrected chi connectivity index (χ3v) is 4.75. The summed E-state index contributed by atoms with van der Waals surface area (Å²) in [6.07, 6.45) is 1.26. The maximum atomic E-state index is 12.5. The lowest BCUT2D eigenvalue weighted by Crippen LogP contribution is -2.49. The maximum absolute atomic E-state index is 12.5. The summed E-state index contributed by atoms with van der Waals surface area (Å²) in [5.41, 5.74) is 1.14. The number of ether oxygens (including phenoxy) is 2. The zero-order chi connectivity index (χ0) is 19.2. The van der Waals surface area contributed by atoms with Crippen LogP contribution in [0.1, 0.15) is 17.8 Å². The molecule has 0 bridgehead atoms. The van der Waals surface area contributed by atoms with E-state index >= 15 is 0 Å². The number of aryl methyl sites for hydroxylation is 2. The Morgan fingerprint density at radius 1 is 1.04 bits per heavy atom. The fourth-order valence-corrected chi connectivity index (χ4v) is 3.18. The normalized spacial score (nSPS) is 14.2. The number of piperazine rings is 1. The van der Waals surface area contributed by atoms with Crippen molar-refractivity contribution in [3.63, 3.8) is 0 Å². The standard InChI is InChI=1S/C20H26N4O3/c1-15-21-18(14-19(22-15)27-3)23-10-12-24(13-11-23)20(25)9-6-16-4-7-17(26-2)8-5-16/h4-5,7-8,14H,6,9-13H2,1-3H3. The van der Waals surface area contributed by atoms with Gasteiger partial charge in [-0.2, -0.15) is 4.98 Å². The van der Waals surface area contributed by atoms with Gasteiger partial charge in [-0.25, -0.2) is 4.98 Å². The van der Waals surface area contributed by atoms with Crippen molar-refractivity contribution in [2.75, 3.05) is 45.3 Å². The van der Waals surface area contributed by atoms with Crippen LogP contribution in [0.4, 0.5) is 5.82 Å². The lowest BCUT2D eigenvalue weighted by Gasteiger charge is -2.35. The molecule has 0 N–H and O–H groups in total. The molecule has 0 aliphatic carbocycles. The molecular formula is C20H26N4O3. The molecule has 0 spiro atoms. The largest absolute Gasteiger partial charge is 0.497 e. The molecule has 2 aromatic rings. The fourth-order valence-electron chi connectivity index (χ4n) is 3.18. The van der Waals surface area contributed by atoms with Crippen LogP contribution in [0.15, 0.2) is 30.3 Å². The van der Waals surface area contributed by atoms with Crippen LogP contribution in [0.25, 0.3) is 0 Å². The minimum atomic E-state index is 0.196. The molecule has 1 aliphatic rings. The average Bonchev–Trinajstić information content (AvgIpc) is 2.72. The molecule has 1 aromatic carbocycles. The smallest absolute Gasteiger partial charge is 0.223 e. The molecule has 1 aromatic heterocycles. The molecule has 0 radical (unpaired) electrons. The first-order valence-electron chi connectivity index (χ1n) is 9.14. The number of carbonyl (C=O) groups excluding carboxylic acids is 1. The summed E-state index contributed by atoms with van der Waals surface area (Å²) < 4.78 is 10.4. The maximum Gasteiger partial charge on any atom is 0.223 e. The van der Waals surface area contributed by atoms with E-state index in [0.717, 1.165) is 36.6 Å². The van der Waals surface area contributed by atoms with Crippen molar-refractivity contribution < 1.29 is 14.3 Å². The molecule has 144 valence electrons. The van der Waals surface area contributed by atoms with E-state index in [0.29, 0.717) is 31.2 Å². The number of anilines is 1. The number of rotatable bonds is 6. The van der Waals surface area contributed by atoms with Crippen LogP contribution < -0.4 is 14.4 Å². The van der Waals surface area contributed by atoms with Gasteiger partial charge in [-0.05, 0) is 31.0 Å². The van der Waals surface area contributed by atoms with E-state index in [1.165, 1.54) is 0 Å². The number of nitrogens with zero attached hydrogens (tertiary/aromatic N) is 4. The van der Waals surface area contributed by atoms with Gasteiger partial charge < -0.3 is 19.3 Å². The Labute approximate surface area is 159 Å². The summed E-state index contributed by atoms with van der Waals surface area (Å²) in [7, 11) is 3.25. The number of amides is 1. The van der Waals surface area contributed by atoms with E-state index < -0.39 is 0 Å². The number of aromatic nitrogens is 2. The van der Waals surface area contributed by atoms with E-state index in [1.54, 1.807) is 14.2 Å². The van der Waals surface area contributed by atoms with Crippen molar-refractivity contribution in [2.45, 2.75) is 19.8 Å². The molecular weight excluding hydrogens is 344 g/mol. The van der Waals surface area contributed by atoms with Gasteiger partial charge in [-0.1, -0.05) is 12.1 Å². The first-order chi connectivity index (χ1) is 13.1. The first-order valence-corrected chi connectivity index (χ1v) is 9.14. The van der Waals surface area contributed by atoms with E-state index in [9.17, 15) is 4.79 Å². The van der Waals surface area contributed by atoms with Crippen molar-refractivity contribution in [1.82, 2.24) is 14.9 Å². The molecule has 3 rings (SSSR count). The van der Waals surface area contributed by atoms with Gasteiger partial charge in [0.05, 0.1) is 14.2 Å². The van der Waals surface area contributed by atoms with Crippen LogP contribution in [0.2, 0.25) is 0 Å². The van der Waals surface area contributed by atoms with E-state index in [-0.39, 0.29) is 5.91 Å². The SMILES string of the molecule is COc1ccc(CCC(=O)N2CCN(c3cc(OC)nc(C)n3)CC2)cc1. The lowest BCUT2D eigenvalue weighted by atomic mass is 10.1. The molecule has 7 nitrogen and oxygen atoms in total. The van der Waals surface area contributed by atoms with Crippen LogP contribution in [-0.2, 0) is 11.2 Å². The highest BCUT2D eigenvalue weighted by molar-refractivity contribution is 5.76. The summed E-state index contributed by atoms with van der Waals surface area (Å²) in [5.74, 6) is 3.13. The van der Waals surface area contributed by atoms with Gasteiger partial charge in [-0.15, -0.1) is 0 Å². The molecule has 0 saturated carbocycles. The average molecular weight is 370 g/mol. The Balaban J connectivity index is 1.50. The van der Waals surface area contributed by atoms with E-state index in [1.807, 2.05) is 42.2 Å². The minimum Gasteiger partial charge on any atom is -0.497 e. The predicted octanol–water partition coefficient (Wildman–Crippen LogP) is 2.08. The van der Waals surface area contributed by atoms with Crippen LogP contribution in [0, 0.1) is 6.92 Å². The fraction of sp³-hybridized carbons (Fsp3) is 0.450. The topological polar surface area (TPSA) is 67.8 Å². The molecule has 2 heterocycles. The number of hydrogen-bond acceptors (Lipinski definition) is 6. The van der Waals surface area contributed by atoms with Gasteiger partial charge in [0.25, 0.3) is 0 Å². The van der Waals surface area contributed by atoms with Crippen molar-refractivity contribution in [2.24, 2.45) is 0 Å². The number of hydrogen-bond donors (Lipinski definition) is 0. The van der Waals surface area contributed by atoms with Crippen LogP contribution >= 0.6 is 0 Å². The summed E-state index contributed by atoms with van der Waals surface area (Å²) in [4.78, 5) is 25.3. The Kier molecular flexibility index (Phi) is 6.11. The summed E-state index contributed by atoms with van der Waals surface area (Å²) in [6.45, 7) is 4.77. The van der Waals surface area contributed by atoms with Gasteiger partial charge in [0.2, 0.25) is 11.8 Å². The zero-order valence-electron chi connectivity index (χ0n) is 16.1. The van der Waals surface area contributed by atoms with Gasteiger partial charge in [0, 0.05) is 38.7 Å². The molecule has 0 unspecified atom stereocenters. The number of benzene rings is 1. The third kappa shape index (κ3) is 4.87. The lowest BCUT2D eigenvalue weighted by molar-refractivity contribution is -0.131. The number of carbonyl (C=O) groups is 1. The number of methoxy groups -OCH3 is 2. The first kappa shape index (κ1) is 18.9. The molecule has 7 heteroatoms. The van der Waals surface area contributed by atoms with Crippen molar-refractivity contribution >= 4 is 11.7 Å². The predicted molar refractivity (Wildman–Crippen MR) is 103 cm³/mol. The summed E-state index contributed by atoms with van der Waals surface area (Å²) in [5, 5.41) is 0. The Hall–Kier alpha value is -2.83.